The summed E-state index contributed by atoms with van der Waals surface area (Å²) in [5, 5.41) is 9.94. The number of aromatic hydroxyl groups is 1. The van der Waals surface area contributed by atoms with Crippen molar-refractivity contribution in [2.45, 2.75) is 4.90 Å². The maximum Gasteiger partial charge on any atom is 0.273 e. The molecule has 4 N–H and O–H groups in total. The normalized spacial score (nSPS) is 10.8. The van der Waals surface area contributed by atoms with E-state index in [1.165, 1.54) is 67.0 Å². The molecule has 0 radical (unpaired) electrons. The van der Waals surface area contributed by atoms with Crippen molar-refractivity contribution in [3.8, 4) is 5.75 Å². The average molecular weight is 447 g/mol. The van der Waals surface area contributed by atoms with Crippen LogP contribution in [0.1, 0.15) is 20.7 Å². The van der Waals surface area contributed by atoms with Gasteiger partial charge in [0.2, 0.25) is 0 Å². The van der Waals surface area contributed by atoms with Crippen molar-refractivity contribution in [2.75, 3.05) is 4.72 Å². The SMILES string of the molecule is O=C(NNC(=O)c1cc(Cl)ccc1O)c1ccc(S(=O)(=O)Nc2ccncc2)cc1. The Morgan fingerprint density at radius 2 is 1.53 bits per heavy atom. The van der Waals surface area contributed by atoms with E-state index in [-0.39, 0.29) is 26.8 Å². The molecule has 9 nitrogen and oxygen atoms in total. The van der Waals surface area contributed by atoms with Gasteiger partial charge in [0.05, 0.1) is 16.1 Å². The average Bonchev–Trinajstić information content (AvgIpc) is 2.74. The van der Waals surface area contributed by atoms with Gasteiger partial charge < -0.3 is 5.11 Å². The number of benzene rings is 2. The molecule has 1 aromatic heterocycles. The molecule has 1 heterocycles. The van der Waals surface area contributed by atoms with E-state index < -0.39 is 21.8 Å². The second kappa shape index (κ2) is 8.80. The third kappa shape index (κ3) is 5.04. The van der Waals surface area contributed by atoms with Crippen molar-refractivity contribution in [2.24, 2.45) is 0 Å². The number of phenols is 1. The fourth-order valence-corrected chi connectivity index (χ4v) is 3.59. The van der Waals surface area contributed by atoms with Crippen LogP contribution in [0, 0.1) is 0 Å². The number of hydrogen-bond donors (Lipinski definition) is 4. The van der Waals surface area contributed by atoms with E-state index in [9.17, 15) is 23.1 Å². The summed E-state index contributed by atoms with van der Waals surface area (Å²) in [5.74, 6) is -1.76. The Morgan fingerprint density at radius 3 is 2.20 bits per heavy atom. The lowest BCUT2D eigenvalue weighted by atomic mass is 10.2. The smallest absolute Gasteiger partial charge is 0.273 e. The number of hydrogen-bond acceptors (Lipinski definition) is 6. The van der Waals surface area contributed by atoms with Crippen molar-refractivity contribution in [1.29, 1.82) is 0 Å². The molecule has 3 rings (SSSR count). The molecule has 0 saturated carbocycles. The molecule has 2 aromatic carbocycles. The summed E-state index contributed by atoms with van der Waals surface area (Å²) >= 11 is 5.79. The Bertz CT molecular complexity index is 1190. The highest BCUT2D eigenvalue weighted by Gasteiger charge is 2.16. The minimum absolute atomic E-state index is 0.0521. The zero-order chi connectivity index (χ0) is 21.7. The molecular weight excluding hydrogens is 432 g/mol. The molecule has 2 amide bonds. The number of hydrazine groups is 1. The summed E-state index contributed by atoms with van der Waals surface area (Å²) < 4.78 is 27.2. The first-order valence-corrected chi connectivity index (χ1v) is 10.2. The van der Waals surface area contributed by atoms with E-state index in [1.54, 1.807) is 0 Å². The van der Waals surface area contributed by atoms with E-state index in [1.807, 2.05) is 0 Å². The molecular formula is C19H15ClN4O5S. The summed E-state index contributed by atoms with van der Waals surface area (Å²) in [6.07, 6.45) is 2.89. The standard InChI is InChI=1S/C19H15ClN4O5S/c20-13-3-6-17(25)16(11-13)19(27)23-22-18(26)12-1-4-15(5-2-12)30(28,29)24-14-7-9-21-10-8-14/h1-11,25H,(H,21,24)(H,22,26)(H,23,27). The molecule has 3 aromatic rings. The van der Waals surface area contributed by atoms with E-state index in [0.717, 1.165) is 0 Å². The third-order valence-corrected chi connectivity index (χ3v) is 5.48. The van der Waals surface area contributed by atoms with Gasteiger partial charge in [-0.1, -0.05) is 11.6 Å². The largest absolute Gasteiger partial charge is 0.507 e. The summed E-state index contributed by atoms with van der Waals surface area (Å²) in [7, 11) is -3.85. The maximum atomic E-state index is 12.4. The van der Waals surface area contributed by atoms with Crippen LogP contribution in [0.5, 0.6) is 5.75 Å². The van der Waals surface area contributed by atoms with Crippen LogP contribution in [-0.2, 0) is 10.0 Å². The second-order valence-corrected chi connectivity index (χ2v) is 8.05. The van der Waals surface area contributed by atoms with Gasteiger partial charge in [-0.2, -0.15) is 0 Å². The van der Waals surface area contributed by atoms with E-state index >= 15 is 0 Å². The predicted octanol–water partition coefficient (Wildman–Crippen LogP) is 2.32. The number of rotatable bonds is 5. The number of carbonyl (C=O) groups is 2. The number of nitrogens with zero attached hydrogens (tertiary/aromatic N) is 1. The number of carbonyl (C=O) groups excluding carboxylic acids is 2. The van der Waals surface area contributed by atoms with Gasteiger partial charge in [-0.3, -0.25) is 30.1 Å². The lowest BCUT2D eigenvalue weighted by Gasteiger charge is -2.10. The van der Waals surface area contributed by atoms with Crippen LogP contribution in [0.4, 0.5) is 5.69 Å². The second-order valence-electron chi connectivity index (χ2n) is 5.94. The van der Waals surface area contributed by atoms with Crippen molar-refractivity contribution in [3.05, 3.63) is 83.1 Å². The summed E-state index contributed by atoms with van der Waals surface area (Å²) in [6, 6.07) is 12.0. The first kappa shape index (κ1) is 21.1. The Morgan fingerprint density at radius 1 is 0.900 bits per heavy atom. The molecule has 30 heavy (non-hydrogen) atoms. The zero-order valence-corrected chi connectivity index (χ0v) is 16.7. The van der Waals surface area contributed by atoms with Gasteiger partial charge in [-0.05, 0) is 54.6 Å². The van der Waals surface area contributed by atoms with Crippen LogP contribution < -0.4 is 15.6 Å². The summed E-state index contributed by atoms with van der Waals surface area (Å²) in [5.41, 5.74) is 4.66. The van der Waals surface area contributed by atoms with Crippen LogP contribution >= 0.6 is 11.6 Å². The van der Waals surface area contributed by atoms with Gasteiger partial charge in [0.15, 0.2) is 0 Å². The molecule has 11 heteroatoms. The number of anilines is 1. The topological polar surface area (TPSA) is 137 Å². The molecule has 0 fully saturated rings. The molecule has 0 spiro atoms. The quantitative estimate of drug-likeness (QED) is 0.444. The van der Waals surface area contributed by atoms with Gasteiger partial charge in [-0.25, -0.2) is 8.42 Å². The van der Waals surface area contributed by atoms with Crippen molar-refractivity contribution in [3.63, 3.8) is 0 Å². The minimum atomic E-state index is -3.85. The molecule has 0 bridgehead atoms. The molecule has 0 aliphatic heterocycles. The zero-order valence-electron chi connectivity index (χ0n) is 15.2. The summed E-state index contributed by atoms with van der Waals surface area (Å²) in [6.45, 7) is 0. The fraction of sp³-hybridized carbons (Fsp3) is 0. The third-order valence-electron chi connectivity index (χ3n) is 3.85. The number of sulfonamides is 1. The van der Waals surface area contributed by atoms with Crippen LogP contribution in [0.25, 0.3) is 0 Å². The highest BCUT2D eigenvalue weighted by Crippen LogP contribution is 2.21. The van der Waals surface area contributed by atoms with Gasteiger partial charge in [0, 0.05) is 23.0 Å². The van der Waals surface area contributed by atoms with E-state index in [0.29, 0.717) is 5.69 Å². The first-order chi connectivity index (χ1) is 14.3. The molecule has 0 atom stereocenters. The number of nitrogens with one attached hydrogen (secondary N) is 3. The number of halogens is 1. The Balaban J connectivity index is 1.65. The Kier molecular flexibility index (Phi) is 6.19. The Labute approximate surface area is 176 Å². The Hall–Kier alpha value is -3.63. The van der Waals surface area contributed by atoms with Crippen molar-refractivity contribution < 1.29 is 23.1 Å². The predicted molar refractivity (Wildman–Crippen MR) is 110 cm³/mol. The van der Waals surface area contributed by atoms with Crippen molar-refractivity contribution >= 4 is 39.1 Å². The van der Waals surface area contributed by atoms with Gasteiger partial charge in [0.1, 0.15) is 5.75 Å². The number of phenolic OH excluding ortho intramolecular Hbond substituents is 1. The monoisotopic (exact) mass is 446 g/mol. The summed E-state index contributed by atoms with van der Waals surface area (Å²) in [4.78, 5) is 28.0. The number of pyridine rings is 1. The fourth-order valence-electron chi connectivity index (χ4n) is 2.36. The number of amides is 2. The molecule has 0 aliphatic rings. The van der Waals surface area contributed by atoms with E-state index in [4.69, 9.17) is 11.6 Å². The number of aromatic nitrogens is 1. The molecule has 0 aliphatic carbocycles. The van der Waals surface area contributed by atoms with Crippen LogP contribution in [0.15, 0.2) is 71.9 Å². The highest BCUT2D eigenvalue weighted by atomic mass is 35.5. The van der Waals surface area contributed by atoms with Gasteiger partial charge >= 0.3 is 0 Å². The molecule has 0 saturated heterocycles. The van der Waals surface area contributed by atoms with Gasteiger partial charge in [0.25, 0.3) is 21.8 Å². The minimum Gasteiger partial charge on any atom is -0.507 e. The molecule has 154 valence electrons. The van der Waals surface area contributed by atoms with Crippen LogP contribution in [0.2, 0.25) is 5.02 Å². The maximum absolute atomic E-state index is 12.4. The van der Waals surface area contributed by atoms with E-state index in [2.05, 4.69) is 20.6 Å². The lowest BCUT2D eigenvalue weighted by molar-refractivity contribution is 0.0845. The lowest BCUT2D eigenvalue weighted by Crippen LogP contribution is -2.41. The van der Waals surface area contributed by atoms with Gasteiger partial charge in [-0.15, -0.1) is 0 Å². The molecule has 0 unspecified atom stereocenters. The highest BCUT2D eigenvalue weighted by molar-refractivity contribution is 7.92. The van der Waals surface area contributed by atoms with Crippen molar-refractivity contribution in [1.82, 2.24) is 15.8 Å². The first-order valence-electron chi connectivity index (χ1n) is 8.38. The van der Waals surface area contributed by atoms with Crippen LogP contribution in [-0.4, -0.2) is 30.3 Å². The van der Waals surface area contributed by atoms with Crippen LogP contribution in [0.3, 0.4) is 0 Å².